The quantitative estimate of drug-likeness (QED) is 0.299. The van der Waals surface area contributed by atoms with Gasteiger partial charge < -0.3 is 0 Å². The van der Waals surface area contributed by atoms with Crippen LogP contribution in [0, 0.1) is 5.92 Å². The smallest absolute Gasteiger partial charge is 0.0149 e. The van der Waals surface area contributed by atoms with Gasteiger partial charge in [-0.2, -0.15) is 0 Å². The van der Waals surface area contributed by atoms with Crippen molar-refractivity contribution in [2.45, 2.75) is 103 Å². The van der Waals surface area contributed by atoms with Gasteiger partial charge in [-0.05, 0) is 47.4 Å². The van der Waals surface area contributed by atoms with E-state index in [-0.39, 0.29) is 0 Å². The molecule has 1 aliphatic carbocycles. The third-order valence-corrected chi connectivity index (χ3v) is 6.81. The molecule has 158 valence electrons. The van der Waals surface area contributed by atoms with Gasteiger partial charge in [0.1, 0.15) is 0 Å². The summed E-state index contributed by atoms with van der Waals surface area (Å²) in [5.74, 6) is 0.808. The van der Waals surface area contributed by atoms with Crippen molar-refractivity contribution < 1.29 is 0 Å². The van der Waals surface area contributed by atoms with Crippen molar-refractivity contribution in [3.63, 3.8) is 0 Å². The van der Waals surface area contributed by atoms with E-state index in [1.165, 1.54) is 107 Å². The van der Waals surface area contributed by atoms with Crippen molar-refractivity contribution in [3.8, 4) is 11.1 Å². The van der Waals surface area contributed by atoms with Crippen LogP contribution in [-0.2, 0) is 12.8 Å². The standard InChI is InChI=1S/C29H42/c1-2-3-4-5-6-7-8-9-10-11-12-13-18-25-23-26-19-14-16-21-28(26)29-22-17-15-20-27(29)24-25/h14-17,19-22,25H,2-13,18,23-24H2,1H3. The van der Waals surface area contributed by atoms with E-state index in [1.807, 2.05) is 0 Å². The Hall–Kier alpha value is -1.56. The molecule has 0 saturated carbocycles. The molecule has 0 amide bonds. The fourth-order valence-corrected chi connectivity index (χ4v) is 5.09. The van der Waals surface area contributed by atoms with Crippen molar-refractivity contribution in [3.05, 3.63) is 59.7 Å². The molecule has 0 heterocycles. The number of benzene rings is 2. The average molecular weight is 391 g/mol. The third-order valence-electron chi connectivity index (χ3n) is 6.81. The van der Waals surface area contributed by atoms with Gasteiger partial charge in [0.2, 0.25) is 0 Å². The highest BCUT2D eigenvalue weighted by Crippen LogP contribution is 2.35. The van der Waals surface area contributed by atoms with E-state index in [0.717, 1.165) is 5.92 Å². The second kappa shape index (κ2) is 12.9. The van der Waals surface area contributed by atoms with Gasteiger partial charge in [0.05, 0.1) is 0 Å². The van der Waals surface area contributed by atoms with E-state index in [1.54, 1.807) is 11.1 Å². The van der Waals surface area contributed by atoms with Crippen LogP contribution < -0.4 is 0 Å². The summed E-state index contributed by atoms with van der Waals surface area (Å²) in [5, 5.41) is 0. The molecule has 0 radical (unpaired) electrons. The van der Waals surface area contributed by atoms with E-state index < -0.39 is 0 Å². The monoisotopic (exact) mass is 390 g/mol. The largest absolute Gasteiger partial charge is 0.0654 e. The number of fused-ring (bicyclic) bond motifs is 3. The molecule has 2 aromatic rings. The van der Waals surface area contributed by atoms with Gasteiger partial charge in [-0.15, -0.1) is 0 Å². The SMILES string of the molecule is CCCCCCCCCCCCCCC1Cc2ccccc2-c2ccccc2C1. The third kappa shape index (κ3) is 7.32. The number of unbranched alkanes of at least 4 members (excludes halogenated alkanes) is 11. The van der Waals surface area contributed by atoms with E-state index in [4.69, 9.17) is 0 Å². The minimum Gasteiger partial charge on any atom is -0.0654 e. The number of hydrogen-bond acceptors (Lipinski definition) is 0. The van der Waals surface area contributed by atoms with Crippen LogP contribution in [0.1, 0.15) is 102 Å². The van der Waals surface area contributed by atoms with Gasteiger partial charge in [0.15, 0.2) is 0 Å². The van der Waals surface area contributed by atoms with Crippen LogP contribution in [0.15, 0.2) is 48.5 Å². The van der Waals surface area contributed by atoms with Crippen LogP contribution in [0.25, 0.3) is 11.1 Å². The second-order valence-corrected chi connectivity index (χ2v) is 9.27. The van der Waals surface area contributed by atoms with Gasteiger partial charge in [-0.1, -0.05) is 133 Å². The Kier molecular flexibility index (Phi) is 9.83. The first-order valence-corrected chi connectivity index (χ1v) is 12.5. The lowest BCUT2D eigenvalue weighted by molar-refractivity contribution is 0.447. The summed E-state index contributed by atoms with van der Waals surface area (Å²) >= 11 is 0. The van der Waals surface area contributed by atoms with Crippen LogP contribution in [-0.4, -0.2) is 0 Å². The van der Waals surface area contributed by atoms with Gasteiger partial charge in [-0.25, -0.2) is 0 Å². The van der Waals surface area contributed by atoms with E-state index in [0.29, 0.717) is 0 Å². The molecule has 0 saturated heterocycles. The maximum absolute atomic E-state index is 2.35. The van der Waals surface area contributed by atoms with Gasteiger partial charge in [0, 0.05) is 0 Å². The molecule has 0 spiro atoms. The fraction of sp³-hybridized carbons (Fsp3) is 0.586. The van der Waals surface area contributed by atoms with Gasteiger partial charge in [0.25, 0.3) is 0 Å². The molecular weight excluding hydrogens is 348 g/mol. The fourth-order valence-electron chi connectivity index (χ4n) is 5.09. The topological polar surface area (TPSA) is 0 Å². The van der Waals surface area contributed by atoms with Crippen molar-refractivity contribution in [1.82, 2.24) is 0 Å². The number of hydrogen-bond donors (Lipinski definition) is 0. The lowest BCUT2D eigenvalue weighted by Crippen LogP contribution is -2.07. The zero-order chi connectivity index (χ0) is 20.2. The molecule has 1 aliphatic rings. The minimum absolute atomic E-state index is 0.808. The average Bonchev–Trinajstić information content (AvgIpc) is 2.91. The van der Waals surface area contributed by atoms with Crippen LogP contribution in [0.2, 0.25) is 0 Å². The maximum atomic E-state index is 2.35. The molecule has 0 fully saturated rings. The van der Waals surface area contributed by atoms with Crippen molar-refractivity contribution in [1.29, 1.82) is 0 Å². The lowest BCUT2D eigenvalue weighted by atomic mass is 9.90. The summed E-state index contributed by atoms with van der Waals surface area (Å²) < 4.78 is 0. The molecule has 0 aliphatic heterocycles. The highest BCUT2D eigenvalue weighted by Gasteiger charge is 2.20. The van der Waals surface area contributed by atoms with E-state index in [2.05, 4.69) is 55.5 Å². The van der Waals surface area contributed by atoms with Gasteiger partial charge >= 0.3 is 0 Å². The summed E-state index contributed by atoms with van der Waals surface area (Å²) in [6.45, 7) is 2.30. The van der Waals surface area contributed by atoms with Crippen molar-refractivity contribution in [2.75, 3.05) is 0 Å². The molecule has 0 N–H and O–H groups in total. The normalized spacial score (nSPS) is 13.7. The Morgan fingerprint density at radius 3 is 1.45 bits per heavy atom. The predicted molar refractivity (Wildman–Crippen MR) is 128 cm³/mol. The molecular formula is C29H42. The predicted octanol–water partition coefficient (Wildman–Crippen LogP) is 9.16. The summed E-state index contributed by atoms with van der Waals surface area (Å²) in [5.41, 5.74) is 6.06. The highest BCUT2D eigenvalue weighted by atomic mass is 14.2. The summed E-state index contributed by atoms with van der Waals surface area (Å²) in [7, 11) is 0. The second-order valence-electron chi connectivity index (χ2n) is 9.27. The molecule has 0 heteroatoms. The Balaban J connectivity index is 1.33. The molecule has 0 aromatic heterocycles. The van der Waals surface area contributed by atoms with Crippen LogP contribution in [0.3, 0.4) is 0 Å². The van der Waals surface area contributed by atoms with Crippen LogP contribution >= 0.6 is 0 Å². The Labute approximate surface area is 180 Å². The van der Waals surface area contributed by atoms with E-state index in [9.17, 15) is 0 Å². The van der Waals surface area contributed by atoms with Crippen LogP contribution in [0.4, 0.5) is 0 Å². The molecule has 3 rings (SSSR count). The molecule has 0 unspecified atom stereocenters. The first-order valence-electron chi connectivity index (χ1n) is 12.5. The molecule has 0 nitrogen and oxygen atoms in total. The Morgan fingerprint density at radius 1 is 0.552 bits per heavy atom. The first-order chi connectivity index (χ1) is 14.4. The molecule has 2 aromatic carbocycles. The first kappa shape index (κ1) is 22.1. The molecule has 0 bridgehead atoms. The number of rotatable bonds is 13. The summed E-state index contributed by atoms with van der Waals surface area (Å²) in [6.07, 6.45) is 21.2. The molecule has 0 atom stereocenters. The van der Waals surface area contributed by atoms with Crippen molar-refractivity contribution >= 4 is 0 Å². The van der Waals surface area contributed by atoms with Gasteiger partial charge in [-0.3, -0.25) is 0 Å². The Bertz CT molecular complexity index is 651. The van der Waals surface area contributed by atoms with Crippen molar-refractivity contribution in [2.24, 2.45) is 5.92 Å². The molecule has 29 heavy (non-hydrogen) atoms. The van der Waals surface area contributed by atoms with E-state index >= 15 is 0 Å². The van der Waals surface area contributed by atoms with Crippen LogP contribution in [0.5, 0.6) is 0 Å². The summed E-state index contributed by atoms with van der Waals surface area (Å²) in [6, 6.07) is 18.2. The lowest BCUT2D eigenvalue weighted by Gasteiger charge is -2.15. The Morgan fingerprint density at radius 2 is 0.966 bits per heavy atom. The zero-order valence-electron chi connectivity index (χ0n) is 18.8. The highest BCUT2D eigenvalue weighted by molar-refractivity contribution is 5.71. The maximum Gasteiger partial charge on any atom is -0.0149 e. The minimum atomic E-state index is 0.808. The summed E-state index contributed by atoms with van der Waals surface area (Å²) in [4.78, 5) is 0. The zero-order valence-corrected chi connectivity index (χ0v) is 18.8.